The maximum atomic E-state index is 12.8. The number of hydrogen-bond acceptors (Lipinski definition) is 5. The molecule has 0 aliphatic carbocycles. The molecule has 0 saturated carbocycles. The predicted octanol–water partition coefficient (Wildman–Crippen LogP) is 5.27. The van der Waals surface area contributed by atoms with Crippen molar-refractivity contribution in [3.8, 4) is 17.2 Å². The Hall–Kier alpha value is -3.86. The zero-order valence-corrected chi connectivity index (χ0v) is 17.4. The molecule has 0 atom stereocenters. The number of benzene rings is 3. The van der Waals surface area contributed by atoms with E-state index in [0.717, 1.165) is 11.3 Å². The van der Waals surface area contributed by atoms with Gasteiger partial charge in [-0.25, -0.2) is 0 Å². The van der Waals surface area contributed by atoms with Gasteiger partial charge in [0.05, 0.1) is 12.2 Å². The molecule has 0 bridgehead atoms. The first-order chi connectivity index (χ1) is 15.1. The molecule has 0 unspecified atom stereocenters. The molecule has 0 radical (unpaired) electrons. The highest BCUT2D eigenvalue weighted by Crippen LogP contribution is 2.39. The molecule has 0 saturated heterocycles. The van der Waals surface area contributed by atoms with Gasteiger partial charge in [-0.1, -0.05) is 42.5 Å². The maximum absolute atomic E-state index is 12.8. The molecule has 5 heteroatoms. The van der Waals surface area contributed by atoms with E-state index >= 15 is 0 Å². The van der Waals surface area contributed by atoms with Crippen LogP contribution < -0.4 is 14.2 Å². The topological polar surface area (TPSA) is 61.8 Å². The normalized spacial score (nSPS) is 13.6. The highest BCUT2D eigenvalue weighted by Gasteiger charge is 2.30. The molecule has 3 aromatic carbocycles. The quantitative estimate of drug-likeness (QED) is 0.389. The summed E-state index contributed by atoms with van der Waals surface area (Å²) in [4.78, 5) is 25.1. The van der Waals surface area contributed by atoms with Gasteiger partial charge in [-0.2, -0.15) is 0 Å². The second-order valence-electron chi connectivity index (χ2n) is 7.09. The molecule has 0 aromatic heterocycles. The maximum Gasteiger partial charge on any atom is 0.231 e. The van der Waals surface area contributed by atoms with Crippen molar-refractivity contribution in [1.82, 2.24) is 0 Å². The lowest BCUT2D eigenvalue weighted by Crippen LogP contribution is -2.12. The summed E-state index contributed by atoms with van der Waals surface area (Å²) in [6.07, 6.45) is 1.71. The zero-order valence-electron chi connectivity index (χ0n) is 17.4. The Morgan fingerprint density at radius 2 is 1.71 bits per heavy atom. The average molecular weight is 414 g/mol. The van der Waals surface area contributed by atoms with Crippen molar-refractivity contribution in [2.24, 2.45) is 0 Å². The number of hydrogen-bond donors (Lipinski definition) is 0. The Kier molecular flexibility index (Phi) is 5.85. The lowest BCUT2D eigenvalue weighted by molar-refractivity contribution is 0.0920. The third-order valence-corrected chi connectivity index (χ3v) is 4.98. The van der Waals surface area contributed by atoms with Gasteiger partial charge in [-0.05, 0) is 49.8 Å². The lowest BCUT2D eigenvalue weighted by Gasteiger charge is -2.11. The van der Waals surface area contributed by atoms with E-state index in [1.165, 1.54) is 0 Å². The van der Waals surface area contributed by atoms with Gasteiger partial charge in [0.1, 0.15) is 17.2 Å². The van der Waals surface area contributed by atoms with Crippen molar-refractivity contribution in [3.63, 3.8) is 0 Å². The monoisotopic (exact) mass is 414 g/mol. The van der Waals surface area contributed by atoms with Crippen molar-refractivity contribution in [1.29, 1.82) is 0 Å². The molecule has 156 valence electrons. The van der Waals surface area contributed by atoms with E-state index in [1.807, 2.05) is 56.3 Å². The summed E-state index contributed by atoms with van der Waals surface area (Å²) in [6.45, 7) is 4.24. The molecule has 0 N–H and O–H groups in total. The van der Waals surface area contributed by atoms with Gasteiger partial charge in [-0.3, -0.25) is 9.59 Å². The van der Waals surface area contributed by atoms with Crippen LogP contribution in [0.15, 0.2) is 72.5 Å². The average Bonchev–Trinajstić information content (AvgIpc) is 3.11. The van der Waals surface area contributed by atoms with Crippen molar-refractivity contribution >= 4 is 17.6 Å². The van der Waals surface area contributed by atoms with Gasteiger partial charge < -0.3 is 14.2 Å². The Bertz CT molecular complexity index is 1140. The van der Waals surface area contributed by atoms with E-state index in [-0.39, 0.29) is 23.9 Å². The molecule has 5 nitrogen and oxygen atoms in total. The molecular formula is C26H22O5. The zero-order chi connectivity index (χ0) is 21.8. The molecule has 1 aliphatic rings. The fraction of sp³-hybridized carbons (Fsp3) is 0.154. The van der Waals surface area contributed by atoms with Crippen molar-refractivity contribution in [2.75, 3.05) is 13.2 Å². The standard InChI is InChI=1S/C26H22O5/c1-3-29-20-11-9-18(10-12-20)15-24-25(28)21-13-14-23(17(2)26(21)31-24)30-16-22(27)19-7-5-4-6-8-19/h4-15H,3,16H2,1-2H3/b24-15-. The van der Waals surface area contributed by atoms with Gasteiger partial charge in [0.15, 0.2) is 18.1 Å². The van der Waals surface area contributed by atoms with Gasteiger partial charge in [0, 0.05) is 11.1 Å². The van der Waals surface area contributed by atoms with Crippen LogP contribution in [-0.2, 0) is 0 Å². The molecule has 3 aromatic rings. The molecule has 0 amide bonds. The minimum absolute atomic E-state index is 0.0908. The molecule has 4 rings (SSSR count). The largest absolute Gasteiger partial charge is 0.494 e. The summed E-state index contributed by atoms with van der Waals surface area (Å²) < 4.78 is 17.1. The van der Waals surface area contributed by atoms with Crippen LogP contribution in [0.4, 0.5) is 0 Å². The van der Waals surface area contributed by atoms with Crippen LogP contribution in [0.25, 0.3) is 6.08 Å². The number of ketones is 2. The van der Waals surface area contributed by atoms with Gasteiger partial charge in [-0.15, -0.1) is 0 Å². The molecule has 1 heterocycles. The van der Waals surface area contributed by atoms with Crippen LogP contribution in [0, 0.1) is 6.92 Å². The summed E-state index contributed by atoms with van der Waals surface area (Å²) in [5, 5.41) is 0. The van der Waals surface area contributed by atoms with Crippen LogP contribution in [0.5, 0.6) is 17.2 Å². The highest BCUT2D eigenvalue weighted by atomic mass is 16.5. The van der Waals surface area contributed by atoms with E-state index in [0.29, 0.717) is 34.8 Å². The number of carbonyl (C=O) groups is 2. The van der Waals surface area contributed by atoms with Crippen molar-refractivity contribution in [2.45, 2.75) is 13.8 Å². The fourth-order valence-corrected chi connectivity index (χ4v) is 3.35. The van der Waals surface area contributed by atoms with Crippen LogP contribution in [0.3, 0.4) is 0 Å². The predicted molar refractivity (Wildman–Crippen MR) is 118 cm³/mol. The smallest absolute Gasteiger partial charge is 0.231 e. The Morgan fingerprint density at radius 1 is 0.968 bits per heavy atom. The fourth-order valence-electron chi connectivity index (χ4n) is 3.35. The number of ether oxygens (including phenoxy) is 3. The van der Waals surface area contributed by atoms with Gasteiger partial charge in [0.2, 0.25) is 5.78 Å². The van der Waals surface area contributed by atoms with Crippen LogP contribution >= 0.6 is 0 Å². The van der Waals surface area contributed by atoms with Gasteiger partial charge in [0.25, 0.3) is 0 Å². The Balaban J connectivity index is 1.50. The number of allylic oxidation sites excluding steroid dienone is 1. The SMILES string of the molecule is CCOc1ccc(/C=C2\Oc3c(ccc(OCC(=O)c4ccccc4)c3C)C2=O)cc1. The first-order valence-electron chi connectivity index (χ1n) is 10.1. The summed E-state index contributed by atoms with van der Waals surface area (Å²) >= 11 is 0. The Morgan fingerprint density at radius 3 is 2.42 bits per heavy atom. The first kappa shape index (κ1) is 20.4. The second-order valence-corrected chi connectivity index (χ2v) is 7.09. The third kappa shape index (κ3) is 4.36. The van der Waals surface area contributed by atoms with E-state index in [4.69, 9.17) is 14.2 Å². The number of Topliss-reactive ketones (excluding diaryl/α,β-unsaturated/α-hetero) is 2. The van der Waals surface area contributed by atoms with Gasteiger partial charge >= 0.3 is 0 Å². The van der Waals surface area contributed by atoms with Crippen molar-refractivity contribution in [3.05, 3.63) is 94.7 Å². The lowest BCUT2D eigenvalue weighted by atomic mass is 10.1. The summed E-state index contributed by atoms with van der Waals surface area (Å²) in [5.74, 6) is 1.70. The minimum atomic E-state index is -0.182. The molecule has 1 aliphatic heterocycles. The summed E-state index contributed by atoms with van der Waals surface area (Å²) in [7, 11) is 0. The number of carbonyl (C=O) groups excluding carboxylic acids is 2. The van der Waals surface area contributed by atoms with E-state index in [9.17, 15) is 9.59 Å². The van der Waals surface area contributed by atoms with Crippen molar-refractivity contribution < 1.29 is 23.8 Å². The summed E-state index contributed by atoms with van der Waals surface area (Å²) in [5.41, 5.74) is 2.59. The third-order valence-electron chi connectivity index (χ3n) is 4.98. The minimum Gasteiger partial charge on any atom is -0.494 e. The number of fused-ring (bicyclic) bond motifs is 1. The highest BCUT2D eigenvalue weighted by molar-refractivity contribution is 6.15. The Labute approximate surface area is 180 Å². The molecular weight excluding hydrogens is 392 g/mol. The molecule has 0 fully saturated rings. The second kappa shape index (κ2) is 8.88. The molecule has 0 spiro atoms. The summed E-state index contributed by atoms with van der Waals surface area (Å²) in [6, 6.07) is 19.8. The molecule has 31 heavy (non-hydrogen) atoms. The van der Waals surface area contributed by atoms with E-state index in [2.05, 4.69) is 0 Å². The van der Waals surface area contributed by atoms with Crippen LogP contribution in [0.2, 0.25) is 0 Å². The van der Waals surface area contributed by atoms with Crippen LogP contribution in [-0.4, -0.2) is 24.8 Å². The van der Waals surface area contributed by atoms with Crippen LogP contribution in [0.1, 0.15) is 38.8 Å². The van der Waals surface area contributed by atoms with E-state index < -0.39 is 0 Å². The first-order valence-corrected chi connectivity index (χ1v) is 10.1. The number of rotatable bonds is 7. The van der Waals surface area contributed by atoms with E-state index in [1.54, 1.807) is 30.3 Å².